The predicted octanol–water partition coefficient (Wildman–Crippen LogP) is -0.0448. The third-order valence-corrected chi connectivity index (χ3v) is 6.22. The molecule has 0 saturated carbocycles. The molecular weight excluding hydrogens is 344 g/mol. The van der Waals surface area contributed by atoms with Gasteiger partial charge in [0.25, 0.3) is 5.91 Å². The van der Waals surface area contributed by atoms with Gasteiger partial charge in [0.05, 0.1) is 17.5 Å². The summed E-state index contributed by atoms with van der Waals surface area (Å²) in [4.78, 5) is 16.4. The van der Waals surface area contributed by atoms with E-state index in [1.165, 1.54) is 6.07 Å². The molecule has 0 spiro atoms. The first kappa shape index (κ1) is 18.0. The van der Waals surface area contributed by atoms with E-state index in [1.54, 1.807) is 24.8 Å². The Balaban J connectivity index is 1.81. The smallest absolute Gasteiger partial charge is 0.289 e. The molecule has 1 aromatic rings. The summed E-state index contributed by atoms with van der Waals surface area (Å²) in [6.07, 6.45) is 0. The summed E-state index contributed by atoms with van der Waals surface area (Å²) in [5.74, 6) is 5.48. The number of amides is 1. The van der Waals surface area contributed by atoms with Crippen LogP contribution in [0.25, 0.3) is 0 Å². The normalized spacial score (nSPS) is 26.0. The minimum Gasteiger partial charge on any atom is -0.443 e. The lowest BCUT2D eigenvalue weighted by Gasteiger charge is -2.41. The van der Waals surface area contributed by atoms with Gasteiger partial charge in [0, 0.05) is 19.1 Å². The third-order valence-electron chi connectivity index (χ3n) is 4.52. The number of aliphatic hydroxyl groups is 1. The van der Waals surface area contributed by atoms with Crippen LogP contribution in [0.3, 0.4) is 0 Å². The molecule has 8 heteroatoms. The van der Waals surface area contributed by atoms with Gasteiger partial charge in [0.1, 0.15) is 5.60 Å². The van der Waals surface area contributed by atoms with Crippen molar-refractivity contribution in [3.8, 4) is 11.8 Å². The van der Waals surface area contributed by atoms with Crippen LogP contribution >= 0.6 is 0 Å². The number of sulfone groups is 1. The fourth-order valence-electron chi connectivity index (χ4n) is 3.25. The Bertz CT molecular complexity index is 840. The molecule has 2 aliphatic rings. The Morgan fingerprint density at radius 3 is 2.64 bits per heavy atom. The molecule has 3 rings (SSSR count). The number of carbonyl (C=O) groups is 1. The molecule has 7 nitrogen and oxygen atoms in total. The van der Waals surface area contributed by atoms with Crippen molar-refractivity contribution in [2.24, 2.45) is 0 Å². The summed E-state index contributed by atoms with van der Waals surface area (Å²) in [6, 6.07) is 2.58. The minimum atomic E-state index is -3.15. The molecule has 0 aliphatic carbocycles. The lowest BCUT2D eigenvalue weighted by atomic mass is 10.1. The van der Waals surface area contributed by atoms with Gasteiger partial charge >= 0.3 is 0 Å². The molecule has 0 bridgehead atoms. The molecule has 2 fully saturated rings. The highest BCUT2D eigenvalue weighted by Gasteiger charge is 2.47. The summed E-state index contributed by atoms with van der Waals surface area (Å²) in [5.41, 5.74) is -1.15. The summed E-state index contributed by atoms with van der Waals surface area (Å²) in [5, 5.41) is 9.62. The van der Waals surface area contributed by atoms with Gasteiger partial charge in [-0.3, -0.25) is 9.69 Å². The van der Waals surface area contributed by atoms with Crippen LogP contribution in [0, 0.1) is 11.8 Å². The van der Waals surface area contributed by atoms with Gasteiger partial charge in [-0.05, 0) is 38.9 Å². The highest BCUT2D eigenvalue weighted by atomic mass is 32.2. The van der Waals surface area contributed by atoms with Crippen LogP contribution in [-0.4, -0.2) is 78.6 Å². The number of carbonyl (C=O) groups excluding carboxylic acids is 1. The van der Waals surface area contributed by atoms with Crippen LogP contribution in [0.15, 0.2) is 16.5 Å². The summed E-state index contributed by atoms with van der Waals surface area (Å²) in [7, 11) is -1.26. The van der Waals surface area contributed by atoms with Gasteiger partial charge in [-0.1, -0.05) is 5.92 Å². The Labute approximate surface area is 147 Å². The SMILES string of the molecule is CN1CCN(C(=O)c2ccc(C#CC(C)(C)O)o2)C2CS(=O)(=O)CC21. The second kappa shape index (κ2) is 6.16. The van der Waals surface area contributed by atoms with Crippen molar-refractivity contribution in [1.82, 2.24) is 9.80 Å². The topological polar surface area (TPSA) is 91.1 Å². The fraction of sp³-hybridized carbons (Fsp3) is 0.588. The van der Waals surface area contributed by atoms with Crippen molar-refractivity contribution in [2.75, 3.05) is 31.6 Å². The van der Waals surface area contributed by atoms with E-state index in [-0.39, 0.29) is 41.0 Å². The molecule has 2 atom stereocenters. The Hall–Kier alpha value is -1.82. The first-order valence-electron chi connectivity index (χ1n) is 8.13. The summed E-state index contributed by atoms with van der Waals surface area (Å²) >= 11 is 0. The van der Waals surface area contributed by atoms with Crippen LogP contribution in [-0.2, 0) is 9.84 Å². The second-order valence-corrected chi connectivity index (χ2v) is 9.32. The highest BCUT2D eigenvalue weighted by molar-refractivity contribution is 7.91. The van der Waals surface area contributed by atoms with E-state index >= 15 is 0 Å². The maximum absolute atomic E-state index is 12.8. The van der Waals surface area contributed by atoms with Crippen molar-refractivity contribution >= 4 is 15.7 Å². The molecule has 136 valence electrons. The Morgan fingerprint density at radius 1 is 1.28 bits per heavy atom. The average molecular weight is 366 g/mol. The minimum absolute atomic E-state index is 0.0141. The average Bonchev–Trinajstić information content (AvgIpc) is 3.08. The van der Waals surface area contributed by atoms with E-state index in [0.717, 1.165) is 0 Å². The molecule has 1 N–H and O–H groups in total. The number of hydrogen-bond donors (Lipinski definition) is 1. The molecule has 1 aromatic heterocycles. The maximum atomic E-state index is 12.8. The third kappa shape index (κ3) is 3.89. The predicted molar refractivity (Wildman–Crippen MR) is 91.8 cm³/mol. The Kier molecular flexibility index (Phi) is 4.43. The maximum Gasteiger partial charge on any atom is 0.289 e. The van der Waals surface area contributed by atoms with Crippen molar-refractivity contribution < 1.29 is 22.7 Å². The second-order valence-electron chi connectivity index (χ2n) is 7.16. The molecule has 3 heterocycles. The number of piperazine rings is 1. The molecule has 0 aromatic carbocycles. The zero-order chi connectivity index (χ0) is 18.4. The van der Waals surface area contributed by atoms with E-state index in [1.807, 2.05) is 11.9 Å². The molecule has 0 radical (unpaired) electrons. The van der Waals surface area contributed by atoms with E-state index in [9.17, 15) is 18.3 Å². The van der Waals surface area contributed by atoms with Crippen LogP contribution < -0.4 is 0 Å². The fourth-order valence-corrected chi connectivity index (χ4v) is 5.31. The van der Waals surface area contributed by atoms with Gasteiger partial charge in [0.2, 0.25) is 0 Å². The van der Waals surface area contributed by atoms with Crippen LogP contribution in [0.1, 0.15) is 30.2 Å². The number of nitrogens with zero attached hydrogens (tertiary/aromatic N) is 2. The molecule has 2 unspecified atom stereocenters. The molecule has 1 amide bonds. The largest absolute Gasteiger partial charge is 0.443 e. The van der Waals surface area contributed by atoms with Crippen LogP contribution in [0.2, 0.25) is 0 Å². The molecule has 2 saturated heterocycles. The number of hydrogen-bond acceptors (Lipinski definition) is 6. The lowest BCUT2D eigenvalue weighted by molar-refractivity contribution is 0.0382. The van der Waals surface area contributed by atoms with Crippen LogP contribution in [0.4, 0.5) is 0 Å². The van der Waals surface area contributed by atoms with Gasteiger partial charge in [0.15, 0.2) is 21.4 Å². The van der Waals surface area contributed by atoms with Gasteiger partial charge in [-0.15, -0.1) is 0 Å². The van der Waals surface area contributed by atoms with E-state index < -0.39 is 15.4 Å². The zero-order valence-corrected chi connectivity index (χ0v) is 15.3. The highest BCUT2D eigenvalue weighted by Crippen LogP contribution is 2.27. The van der Waals surface area contributed by atoms with E-state index in [4.69, 9.17) is 4.42 Å². The standard InChI is InChI=1S/C17H22N2O5S/c1-17(2,21)7-6-12-4-5-15(24-12)16(20)19-9-8-18(3)13-10-25(22,23)11-14(13)19/h4-5,13-14,21H,8-11H2,1-3H3. The van der Waals surface area contributed by atoms with Crippen molar-refractivity contribution in [3.05, 3.63) is 23.7 Å². The van der Waals surface area contributed by atoms with Crippen molar-refractivity contribution in [1.29, 1.82) is 0 Å². The lowest BCUT2D eigenvalue weighted by Crippen LogP contribution is -2.59. The van der Waals surface area contributed by atoms with Crippen LogP contribution in [0.5, 0.6) is 0 Å². The monoisotopic (exact) mass is 366 g/mol. The van der Waals surface area contributed by atoms with E-state index in [2.05, 4.69) is 11.8 Å². The number of rotatable bonds is 1. The number of likely N-dealkylation sites (N-methyl/N-ethyl adjacent to an activating group) is 1. The molecule has 25 heavy (non-hydrogen) atoms. The van der Waals surface area contributed by atoms with Crippen molar-refractivity contribution in [3.63, 3.8) is 0 Å². The van der Waals surface area contributed by atoms with Gasteiger partial charge in [-0.2, -0.15) is 0 Å². The summed E-state index contributed by atoms with van der Waals surface area (Å²) < 4.78 is 29.5. The number of furan rings is 1. The summed E-state index contributed by atoms with van der Waals surface area (Å²) in [6.45, 7) is 4.19. The van der Waals surface area contributed by atoms with E-state index in [0.29, 0.717) is 13.1 Å². The Morgan fingerprint density at radius 2 is 1.96 bits per heavy atom. The number of fused-ring (bicyclic) bond motifs is 1. The molecule has 2 aliphatic heterocycles. The van der Waals surface area contributed by atoms with Gasteiger partial charge < -0.3 is 14.4 Å². The first-order valence-corrected chi connectivity index (χ1v) is 9.95. The van der Waals surface area contributed by atoms with Crippen molar-refractivity contribution in [2.45, 2.75) is 31.5 Å². The zero-order valence-electron chi connectivity index (χ0n) is 14.5. The quantitative estimate of drug-likeness (QED) is 0.701. The van der Waals surface area contributed by atoms with Gasteiger partial charge in [-0.25, -0.2) is 8.42 Å². The molecular formula is C17H22N2O5S. The first-order chi connectivity index (χ1) is 11.6.